The second-order valence-electron chi connectivity index (χ2n) is 7.24. The number of carbonyl (C=O) groups excluding carboxylic acids is 2. The second kappa shape index (κ2) is 7.23. The lowest BCUT2D eigenvalue weighted by molar-refractivity contribution is -0.139. The molecule has 1 aromatic carbocycles. The van der Waals surface area contributed by atoms with Gasteiger partial charge in [0.05, 0.1) is 12.6 Å². The zero-order valence-electron chi connectivity index (χ0n) is 16.7. The van der Waals surface area contributed by atoms with Gasteiger partial charge in [-0.15, -0.1) is 5.10 Å². The zero-order chi connectivity index (χ0) is 20.7. The topological polar surface area (TPSA) is 89.2 Å². The van der Waals surface area contributed by atoms with E-state index in [1.807, 2.05) is 25.1 Å². The minimum atomic E-state index is -0.363. The van der Waals surface area contributed by atoms with Crippen LogP contribution in [0.3, 0.4) is 0 Å². The number of ether oxygens (including phenoxy) is 1. The summed E-state index contributed by atoms with van der Waals surface area (Å²) in [7, 11) is 1.57. The molecular formula is C20H23N5O4. The first kappa shape index (κ1) is 19.0. The fourth-order valence-electron chi connectivity index (χ4n) is 3.75. The molecule has 29 heavy (non-hydrogen) atoms. The minimum absolute atomic E-state index is 0.00597. The maximum Gasteiger partial charge on any atom is 0.351 e. The molecule has 9 nitrogen and oxygen atoms in total. The molecule has 3 heterocycles. The third-order valence-electron chi connectivity index (χ3n) is 5.41. The predicted octanol–water partition coefficient (Wildman–Crippen LogP) is 0.657. The number of rotatable bonds is 3. The molecule has 0 atom stereocenters. The van der Waals surface area contributed by atoms with E-state index < -0.39 is 0 Å². The molecule has 0 bridgehead atoms. The average Bonchev–Trinajstić information content (AvgIpc) is 3.05. The van der Waals surface area contributed by atoms with Crippen LogP contribution in [0.5, 0.6) is 5.75 Å². The van der Waals surface area contributed by atoms with Gasteiger partial charge in [0.15, 0.2) is 5.65 Å². The number of hydrogen-bond acceptors (Lipinski definition) is 5. The maximum absolute atomic E-state index is 13.1. The Hall–Kier alpha value is -3.36. The standard InChI is InChI=1S/C20H23N5O4/c1-13-10-15-4-5-16(29-3)11-17(15)25-19(13)21-24(20(25)28)12-18(27)23-8-6-22(7-9-23)14(2)26/h4-5,10-11H,6-9,12H2,1-3H3. The number of pyridine rings is 1. The summed E-state index contributed by atoms with van der Waals surface area (Å²) >= 11 is 0. The Balaban J connectivity index is 1.66. The summed E-state index contributed by atoms with van der Waals surface area (Å²) in [6.45, 7) is 5.20. The van der Waals surface area contributed by atoms with E-state index in [-0.39, 0.29) is 24.0 Å². The van der Waals surface area contributed by atoms with Gasteiger partial charge in [0.25, 0.3) is 0 Å². The summed E-state index contributed by atoms with van der Waals surface area (Å²) in [6.07, 6.45) is 0. The lowest BCUT2D eigenvalue weighted by Gasteiger charge is -2.34. The Labute approximate surface area is 167 Å². The first-order chi connectivity index (χ1) is 13.9. The van der Waals surface area contributed by atoms with Crippen LogP contribution in [0.4, 0.5) is 0 Å². The number of amides is 2. The average molecular weight is 397 g/mol. The fraction of sp³-hybridized carbons (Fsp3) is 0.400. The molecule has 1 saturated heterocycles. The number of benzene rings is 1. The van der Waals surface area contributed by atoms with E-state index in [0.717, 1.165) is 10.9 Å². The number of aromatic nitrogens is 3. The van der Waals surface area contributed by atoms with Gasteiger partial charge >= 0.3 is 5.69 Å². The van der Waals surface area contributed by atoms with E-state index >= 15 is 0 Å². The molecule has 1 aliphatic rings. The van der Waals surface area contributed by atoms with Crippen molar-refractivity contribution in [2.45, 2.75) is 20.4 Å². The summed E-state index contributed by atoms with van der Waals surface area (Å²) in [5, 5.41) is 5.30. The van der Waals surface area contributed by atoms with Crippen molar-refractivity contribution in [1.82, 2.24) is 24.0 Å². The van der Waals surface area contributed by atoms with Crippen molar-refractivity contribution in [2.24, 2.45) is 0 Å². The van der Waals surface area contributed by atoms with Crippen LogP contribution in [0.25, 0.3) is 16.6 Å². The molecule has 4 rings (SSSR count). The monoisotopic (exact) mass is 397 g/mol. The van der Waals surface area contributed by atoms with Crippen molar-refractivity contribution in [1.29, 1.82) is 0 Å². The second-order valence-corrected chi connectivity index (χ2v) is 7.24. The van der Waals surface area contributed by atoms with Crippen LogP contribution in [0, 0.1) is 6.92 Å². The molecule has 1 fully saturated rings. The summed E-state index contributed by atoms with van der Waals surface area (Å²) < 4.78 is 8.02. The van der Waals surface area contributed by atoms with Crippen molar-refractivity contribution in [3.8, 4) is 5.75 Å². The Morgan fingerprint density at radius 1 is 1.10 bits per heavy atom. The number of carbonyl (C=O) groups is 2. The number of aryl methyl sites for hydroxylation is 1. The van der Waals surface area contributed by atoms with Crippen LogP contribution >= 0.6 is 0 Å². The molecule has 2 aromatic heterocycles. The molecule has 0 aliphatic carbocycles. The van der Waals surface area contributed by atoms with E-state index in [9.17, 15) is 14.4 Å². The van der Waals surface area contributed by atoms with Crippen molar-refractivity contribution in [3.05, 3.63) is 40.3 Å². The highest BCUT2D eigenvalue weighted by Gasteiger charge is 2.24. The van der Waals surface area contributed by atoms with Crippen molar-refractivity contribution in [3.63, 3.8) is 0 Å². The molecule has 0 radical (unpaired) electrons. The molecule has 3 aromatic rings. The third-order valence-corrected chi connectivity index (χ3v) is 5.41. The Morgan fingerprint density at radius 2 is 1.79 bits per heavy atom. The number of methoxy groups -OCH3 is 1. The SMILES string of the molecule is COc1ccc2cc(C)c3nn(CC(=O)N4CCN(C(C)=O)CC4)c(=O)n3c2c1. The lowest BCUT2D eigenvalue weighted by Crippen LogP contribution is -2.51. The van der Waals surface area contributed by atoms with E-state index in [1.165, 1.54) is 16.0 Å². The van der Waals surface area contributed by atoms with Crippen LogP contribution in [-0.2, 0) is 16.1 Å². The van der Waals surface area contributed by atoms with Gasteiger partial charge in [-0.05, 0) is 36.1 Å². The molecule has 9 heteroatoms. The Morgan fingerprint density at radius 3 is 2.45 bits per heavy atom. The molecule has 0 unspecified atom stereocenters. The van der Waals surface area contributed by atoms with Crippen LogP contribution in [0.15, 0.2) is 29.1 Å². The van der Waals surface area contributed by atoms with Gasteiger partial charge in [-0.3, -0.25) is 9.59 Å². The summed E-state index contributed by atoms with van der Waals surface area (Å²) in [5.74, 6) is 0.464. The Kier molecular flexibility index (Phi) is 4.73. The van der Waals surface area contributed by atoms with Gasteiger partial charge < -0.3 is 14.5 Å². The van der Waals surface area contributed by atoms with Gasteiger partial charge in [0.1, 0.15) is 12.3 Å². The minimum Gasteiger partial charge on any atom is -0.497 e. The van der Waals surface area contributed by atoms with Crippen LogP contribution < -0.4 is 10.4 Å². The molecular weight excluding hydrogens is 374 g/mol. The maximum atomic E-state index is 13.1. The number of nitrogens with zero attached hydrogens (tertiary/aromatic N) is 5. The third kappa shape index (κ3) is 3.32. The quantitative estimate of drug-likeness (QED) is 0.648. The largest absolute Gasteiger partial charge is 0.497 e. The molecule has 2 amide bonds. The lowest BCUT2D eigenvalue weighted by atomic mass is 10.1. The normalized spacial score (nSPS) is 14.6. The highest BCUT2D eigenvalue weighted by atomic mass is 16.5. The first-order valence-electron chi connectivity index (χ1n) is 9.49. The van der Waals surface area contributed by atoms with E-state index in [1.54, 1.807) is 23.0 Å². The number of piperazine rings is 1. The molecule has 152 valence electrons. The number of hydrogen-bond donors (Lipinski definition) is 0. The van der Waals surface area contributed by atoms with E-state index in [2.05, 4.69) is 5.10 Å². The fourth-order valence-corrected chi connectivity index (χ4v) is 3.75. The van der Waals surface area contributed by atoms with Gasteiger partial charge in [0, 0.05) is 39.2 Å². The van der Waals surface area contributed by atoms with Crippen molar-refractivity contribution < 1.29 is 14.3 Å². The van der Waals surface area contributed by atoms with E-state index in [0.29, 0.717) is 43.1 Å². The smallest absolute Gasteiger partial charge is 0.351 e. The van der Waals surface area contributed by atoms with Gasteiger partial charge in [-0.1, -0.05) is 0 Å². The zero-order valence-corrected chi connectivity index (χ0v) is 16.7. The van der Waals surface area contributed by atoms with Gasteiger partial charge in [-0.2, -0.15) is 0 Å². The van der Waals surface area contributed by atoms with Gasteiger partial charge in [0.2, 0.25) is 11.8 Å². The molecule has 0 saturated carbocycles. The predicted molar refractivity (Wildman–Crippen MR) is 107 cm³/mol. The number of fused-ring (bicyclic) bond motifs is 3. The highest BCUT2D eigenvalue weighted by molar-refractivity contribution is 5.84. The summed E-state index contributed by atoms with van der Waals surface area (Å²) in [4.78, 5) is 40.6. The molecule has 1 aliphatic heterocycles. The van der Waals surface area contributed by atoms with Crippen molar-refractivity contribution >= 4 is 28.4 Å². The molecule has 0 N–H and O–H groups in total. The van der Waals surface area contributed by atoms with E-state index in [4.69, 9.17) is 4.74 Å². The van der Waals surface area contributed by atoms with Gasteiger partial charge in [-0.25, -0.2) is 13.9 Å². The first-order valence-corrected chi connectivity index (χ1v) is 9.49. The van der Waals surface area contributed by atoms with Crippen LogP contribution in [0.1, 0.15) is 12.5 Å². The van der Waals surface area contributed by atoms with Crippen LogP contribution in [0.2, 0.25) is 0 Å². The highest BCUT2D eigenvalue weighted by Crippen LogP contribution is 2.23. The Bertz CT molecular complexity index is 1170. The van der Waals surface area contributed by atoms with Crippen LogP contribution in [-0.4, -0.2) is 69.1 Å². The summed E-state index contributed by atoms with van der Waals surface area (Å²) in [6, 6.07) is 7.49. The van der Waals surface area contributed by atoms with Crippen molar-refractivity contribution in [2.75, 3.05) is 33.3 Å². The summed E-state index contributed by atoms with van der Waals surface area (Å²) in [5.41, 5.74) is 1.69. The molecule has 0 spiro atoms.